The van der Waals surface area contributed by atoms with Gasteiger partial charge in [-0.2, -0.15) is 0 Å². The molecule has 0 unspecified atom stereocenters. The first kappa shape index (κ1) is 14.4. The lowest BCUT2D eigenvalue weighted by molar-refractivity contribution is 0.142. The third kappa shape index (κ3) is 2.95. The molecule has 1 heterocycles. The first-order valence-electron chi connectivity index (χ1n) is 5.52. The molecule has 7 heteroatoms. The Labute approximate surface area is 124 Å². The Hall–Kier alpha value is -1.98. The van der Waals surface area contributed by atoms with E-state index in [2.05, 4.69) is 9.72 Å². The van der Waals surface area contributed by atoms with Crippen molar-refractivity contribution in [2.75, 3.05) is 5.73 Å². The van der Waals surface area contributed by atoms with Gasteiger partial charge in [0.1, 0.15) is 5.02 Å². The number of anilines is 1. The number of hydrogen-bond acceptors (Lipinski definition) is 4. The number of nitrogen functional groups attached to an aromatic ring is 1. The average molecular weight is 313 g/mol. The predicted molar refractivity (Wildman–Crippen MR) is 77.5 cm³/mol. The molecule has 0 saturated heterocycles. The fourth-order valence-corrected chi connectivity index (χ4v) is 2.11. The zero-order valence-corrected chi connectivity index (χ0v) is 11.9. The zero-order valence-electron chi connectivity index (χ0n) is 10.4. The van der Waals surface area contributed by atoms with Gasteiger partial charge in [-0.1, -0.05) is 35.3 Å². The number of rotatable bonds is 2. The highest BCUT2D eigenvalue weighted by Crippen LogP contribution is 2.35. The molecule has 0 amide bonds. The van der Waals surface area contributed by atoms with Gasteiger partial charge in [0.05, 0.1) is 16.4 Å². The summed E-state index contributed by atoms with van der Waals surface area (Å²) in [6.45, 7) is 1.90. The monoisotopic (exact) mass is 312 g/mol. The minimum absolute atomic E-state index is 0.0561. The van der Waals surface area contributed by atoms with Crippen molar-refractivity contribution in [3.63, 3.8) is 0 Å². The lowest BCUT2D eigenvalue weighted by Crippen LogP contribution is -2.06. The molecule has 0 aliphatic rings. The van der Waals surface area contributed by atoms with Gasteiger partial charge in [0.15, 0.2) is 0 Å². The quantitative estimate of drug-likeness (QED) is 0.818. The van der Waals surface area contributed by atoms with Gasteiger partial charge in [0.25, 0.3) is 0 Å². The van der Waals surface area contributed by atoms with Crippen LogP contribution in [0.2, 0.25) is 10.0 Å². The Morgan fingerprint density at radius 2 is 2.05 bits per heavy atom. The molecule has 0 bridgehead atoms. The number of nitrogens with two attached hydrogens (primary N) is 1. The molecular formula is C13H10Cl2N2O3. The number of aryl methyl sites for hydroxylation is 1. The van der Waals surface area contributed by atoms with Crippen molar-refractivity contribution in [1.82, 2.24) is 4.98 Å². The van der Waals surface area contributed by atoms with Crippen LogP contribution in [-0.2, 0) is 0 Å². The van der Waals surface area contributed by atoms with Gasteiger partial charge in [0.2, 0.25) is 5.88 Å². The average Bonchev–Trinajstić information content (AvgIpc) is 2.34. The smallest absolute Gasteiger partial charge is 0.449 e. The molecule has 0 aliphatic carbocycles. The van der Waals surface area contributed by atoms with E-state index < -0.39 is 6.16 Å². The van der Waals surface area contributed by atoms with E-state index in [0.29, 0.717) is 16.3 Å². The summed E-state index contributed by atoms with van der Waals surface area (Å²) in [5.41, 5.74) is 7.86. The third-order valence-electron chi connectivity index (χ3n) is 2.54. The van der Waals surface area contributed by atoms with E-state index in [-0.39, 0.29) is 16.6 Å². The van der Waals surface area contributed by atoms with Gasteiger partial charge in [-0.3, -0.25) is 0 Å². The Morgan fingerprint density at radius 3 is 2.65 bits per heavy atom. The lowest BCUT2D eigenvalue weighted by Gasteiger charge is -2.10. The Bertz CT molecular complexity index is 690. The van der Waals surface area contributed by atoms with E-state index in [1.54, 1.807) is 12.1 Å². The molecule has 0 aliphatic heterocycles. The minimum Gasteiger partial charge on any atom is -0.449 e. The maximum absolute atomic E-state index is 10.6. The Morgan fingerprint density at radius 1 is 1.35 bits per heavy atom. The van der Waals surface area contributed by atoms with Crippen LogP contribution in [0.25, 0.3) is 11.3 Å². The molecule has 104 valence electrons. The summed E-state index contributed by atoms with van der Waals surface area (Å²) >= 11 is 12.0. The topological polar surface area (TPSA) is 85.4 Å². The van der Waals surface area contributed by atoms with Crippen LogP contribution in [0.1, 0.15) is 5.56 Å². The van der Waals surface area contributed by atoms with Gasteiger partial charge in [-0.05, 0) is 24.6 Å². The zero-order chi connectivity index (χ0) is 14.9. The molecule has 20 heavy (non-hydrogen) atoms. The number of hydrogen-bond donors (Lipinski definition) is 2. The number of benzene rings is 1. The van der Waals surface area contributed by atoms with Crippen molar-refractivity contribution in [3.8, 4) is 17.1 Å². The summed E-state index contributed by atoms with van der Waals surface area (Å²) in [6.07, 6.45) is -1.52. The molecule has 5 nitrogen and oxygen atoms in total. The highest BCUT2D eigenvalue weighted by Gasteiger charge is 2.15. The highest BCUT2D eigenvalue weighted by atomic mass is 35.5. The van der Waals surface area contributed by atoms with Crippen molar-refractivity contribution in [2.45, 2.75) is 6.92 Å². The van der Waals surface area contributed by atoms with Gasteiger partial charge in [-0.15, -0.1) is 0 Å². The molecule has 2 rings (SSSR count). The highest BCUT2D eigenvalue weighted by molar-refractivity contribution is 6.35. The standard InChI is InChI=1S/C13H10Cl2N2O3/c1-6-2-3-7(8(14)4-6)10-5-9(16)11(15)12(17-10)20-13(18)19/h2-5H,1H3,(H2,16,17)(H,18,19). The van der Waals surface area contributed by atoms with E-state index in [9.17, 15) is 4.79 Å². The van der Waals surface area contributed by atoms with E-state index >= 15 is 0 Å². The van der Waals surface area contributed by atoms with Crippen LogP contribution in [0, 0.1) is 6.92 Å². The number of ether oxygens (including phenoxy) is 1. The summed E-state index contributed by atoms with van der Waals surface area (Å²) in [7, 11) is 0. The number of aromatic nitrogens is 1. The second-order valence-corrected chi connectivity index (χ2v) is 4.85. The molecule has 1 aromatic heterocycles. The summed E-state index contributed by atoms with van der Waals surface area (Å²) in [5, 5.41) is 9.06. The van der Waals surface area contributed by atoms with Crippen LogP contribution >= 0.6 is 23.2 Å². The molecule has 0 fully saturated rings. The second-order valence-electron chi connectivity index (χ2n) is 4.07. The number of carboxylic acid groups (broad SMARTS) is 1. The molecule has 1 aromatic carbocycles. The van der Waals surface area contributed by atoms with E-state index in [1.807, 2.05) is 13.0 Å². The maximum atomic E-state index is 10.6. The van der Waals surface area contributed by atoms with Crippen molar-refractivity contribution >= 4 is 35.0 Å². The van der Waals surface area contributed by atoms with Crippen LogP contribution in [0.3, 0.4) is 0 Å². The molecule has 0 radical (unpaired) electrons. The first-order valence-corrected chi connectivity index (χ1v) is 6.27. The summed E-state index contributed by atoms with van der Waals surface area (Å²) in [4.78, 5) is 14.6. The SMILES string of the molecule is Cc1ccc(-c2cc(N)c(Cl)c(OC(=O)O)n2)c(Cl)c1. The predicted octanol–water partition coefficient (Wildman–Crippen LogP) is 4.00. The van der Waals surface area contributed by atoms with Crippen LogP contribution in [-0.4, -0.2) is 16.2 Å². The molecule has 0 saturated carbocycles. The van der Waals surface area contributed by atoms with Crippen molar-refractivity contribution in [1.29, 1.82) is 0 Å². The first-order chi connectivity index (χ1) is 9.38. The fraction of sp³-hybridized carbons (Fsp3) is 0.0769. The van der Waals surface area contributed by atoms with Crippen LogP contribution < -0.4 is 10.5 Å². The number of nitrogens with zero attached hydrogens (tertiary/aromatic N) is 1. The van der Waals surface area contributed by atoms with Gasteiger partial charge in [-0.25, -0.2) is 9.78 Å². The van der Waals surface area contributed by atoms with Crippen LogP contribution in [0.4, 0.5) is 10.5 Å². The van der Waals surface area contributed by atoms with E-state index in [1.165, 1.54) is 6.07 Å². The van der Waals surface area contributed by atoms with E-state index in [4.69, 9.17) is 34.0 Å². The largest absolute Gasteiger partial charge is 0.512 e. The molecule has 3 N–H and O–H groups in total. The molecule has 0 spiro atoms. The number of carbonyl (C=O) groups is 1. The summed E-state index contributed by atoms with van der Waals surface area (Å²) < 4.78 is 4.50. The van der Waals surface area contributed by atoms with Crippen LogP contribution in [0.15, 0.2) is 24.3 Å². The summed E-state index contributed by atoms with van der Waals surface area (Å²) in [5.74, 6) is -0.272. The molecule has 0 atom stereocenters. The maximum Gasteiger partial charge on any atom is 0.512 e. The molecular weight excluding hydrogens is 303 g/mol. The number of pyridine rings is 1. The molecule has 2 aromatic rings. The third-order valence-corrected chi connectivity index (χ3v) is 3.23. The van der Waals surface area contributed by atoms with E-state index in [0.717, 1.165) is 5.56 Å². The fourth-order valence-electron chi connectivity index (χ4n) is 1.64. The van der Waals surface area contributed by atoms with Gasteiger partial charge < -0.3 is 15.6 Å². The van der Waals surface area contributed by atoms with Crippen molar-refractivity contribution in [3.05, 3.63) is 39.9 Å². The Kier molecular flexibility index (Phi) is 4.01. The number of halogens is 2. The summed E-state index contributed by atoms with van der Waals surface area (Å²) in [6, 6.07) is 6.89. The lowest BCUT2D eigenvalue weighted by atomic mass is 10.1. The normalized spacial score (nSPS) is 10.3. The van der Waals surface area contributed by atoms with Crippen molar-refractivity contribution in [2.24, 2.45) is 0 Å². The van der Waals surface area contributed by atoms with Gasteiger partial charge in [0, 0.05) is 5.56 Å². The van der Waals surface area contributed by atoms with Crippen molar-refractivity contribution < 1.29 is 14.6 Å². The second kappa shape index (κ2) is 5.56. The minimum atomic E-state index is -1.52. The van der Waals surface area contributed by atoms with Crippen LogP contribution in [0.5, 0.6) is 5.88 Å². The Balaban J connectivity index is 2.57. The van der Waals surface area contributed by atoms with Gasteiger partial charge >= 0.3 is 6.16 Å².